The molecule has 0 saturated carbocycles. The first-order chi connectivity index (χ1) is 8.59. The highest BCUT2D eigenvalue weighted by Crippen LogP contribution is 2.20. The summed E-state index contributed by atoms with van der Waals surface area (Å²) in [5, 5.41) is 5.65. The minimum Gasteiger partial charge on any atom is -0.375 e. The first-order valence-electron chi connectivity index (χ1n) is 5.93. The van der Waals surface area contributed by atoms with Crippen molar-refractivity contribution >= 4 is 21.4 Å². The smallest absolute Gasteiger partial charge is 0.239 e. The van der Waals surface area contributed by atoms with Crippen molar-refractivity contribution in [1.82, 2.24) is 5.32 Å². The number of amides is 1. The molecule has 0 aliphatic heterocycles. The largest absolute Gasteiger partial charge is 0.375 e. The summed E-state index contributed by atoms with van der Waals surface area (Å²) < 4.78 is 23.2. The fourth-order valence-electron chi connectivity index (χ4n) is 1.57. The molecular weight excluding hydrogens is 264 g/mol. The second-order valence-electron chi connectivity index (χ2n) is 5.42. The molecule has 1 amide bonds. The summed E-state index contributed by atoms with van der Waals surface area (Å²) in [6.07, 6.45) is 1.14. The van der Waals surface area contributed by atoms with Gasteiger partial charge in [-0.1, -0.05) is 12.1 Å². The fourth-order valence-corrected chi connectivity index (χ4v) is 2.44. The van der Waals surface area contributed by atoms with Gasteiger partial charge in [-0.05, 0) is 32.9 Å². The van der Waals surface area contributed by atoms with E-state index >= 15 is 0 Å². The summed E-state index contributed by atoms with van der Waals surface area (Å²) in [5.41, 5.74) is 0.129. The SMILES string of the molecule is CC(C)(C)NC(=O)CNc1ccccc1S(C)(=O)=O. The number of hydrogen-bond acceptors (Lipinski definition) is 4. The molecule has 6 heteroatoms. The second-order valence-corrected chi connectivity index (χ2v) is 7.40. The summed E-state index contributed by atoms with van der Waals surface area (Å²) in [6, 6.07) is 6.52. The Bertz CT molecular complexity index is 559. The number of hydrogen-bond donors (Lipinski definition) is 2. The number of benzene rings is 1. The Morgan fingerprint density at radius 1 is 1.21 bits per heavy atom. The highest BCUT2D eigenvalue weighted by Gasteiger charge is 2.15. The van der Waals surface area contributed by atoms with Crippen molar-refractivity contribution in [1.29, 1.82) is 0 Å². The molecule has 0 spiro atoms. The van der Waals surface area contributed by atoms with Crippen molar-refractivity contribution in [3.8, 4) is 0 Å². The lowest BCUT2D eigenvalue weighted by Crippen LogP contribution is -2.43. The Kier molecular flexibility index (Phi) is 4.57. The zero-order valence-corrected chi connectivity index (χ0v) is 12.5. The van der Waals surface area contributed by atoms with Crippen LogP contribution in [0.3, 0.4) is 0 Å². The summed E-state index contributed by atoms with van der Waals surface area (Å²) >= 11 is 0. The normalized spacial score (nSPS) is 12.0. The number of para-hydroxylation sites is 1. The Labute approximate surface area is 114 Å². The maximum absolute atomic E-state index is 11.7. The number of sulfone groups is 1. The highest BCUT2D eigenvalue weighted by molar-refractivity contribution is 7.90. The second kappa shape index (κ2) is 5.61. The van der Waals surface area contributed by atoms with Gasteiger partial charge in [0.15, 0.2) is 9.84 Å². The molecule has 106 valence electrons. The number of carbonyl (C=O) groups is 1. The standard InChI is InChI=1S/C13H20N2O3S/c1-13(2,3)15-12(16)9-14-10-7-5-6-8-11(10)19(4,17)18/h5-8,14H,9H2,1-4H3,(H,15,16). The van der Waals surface area contributed by atoms with E-state index in [0.29, 0.717) is 5.69 Å². The predicted molar refractivity (Wildman–Crippen MR) is 75.9 cm³/mol. The van der Waals surface area contributed by atoms with Gasteiger partial charge in [-0.15, -0.1) is 0 Å². The van der Waals surface area contributed by atoms with Crippen LogP contribution in [0.5, 0.6) is 0 Å². The molecule has 19 heavy (non-hydrogen) atoms. The molecule has 0 aliphatic carbocycles. The van der Waals surface area contributed by atoms with Crippen LogP contribution in [0, 0.1) is 0 Å². The molecule has 0 fully saturated rings. The minimum absolute atomic E-state index is 0.0316. The quantitative estimate of drug-likeness (QED) is 0.876. The number of nitrogens with one attached hydrogen (secondary N) is 2. The molecule has 0 aromatic heterocycles. The Hall–Kier alpha value is -1.56. The van der Waals surface area contributed by atoms with E-state index in [1.165, 1.54) is 6.07 Å². The molecule has 0 radical (unpaired) electrons. The number of rotatable bonds is 4. The fraction of sp³-hybridized carbons (Fsp3) is 0.462. The molecule has 5 nitrogen and oxygen atoms in total. The van der Waals surface area contributed by atoms with Gasteiger partial charge in [0.1, 0.15) is 0 Å². The average Bonchev–Trinajstić information content (AvgIpc) is 2.23. The van der Waals surface area contributed by atoms with Crippen LogP contribution >= 0.6 is 0 Å². The molecule has 0 heterocycles. The van der Waals surface area contributed by atoms with Crippen LogP contribution in [0.1, 0.15) is 20.8 Å². The third kappa shape index (κ3) is 5.30. The molecule has 1 aromatic rings. The molecule has 1 rings (SSSR count). The zero-order chi connectivity index (χ0) is 14.7. The lowest BCUT2D eigenvalue weighted by molar-refractivity contribution is -0.120. The van der Waals surface area contributed by atoms with Crippen LogP contribution in [-0.2, 0) is 14.6 Å². The average molecular weight is 284 g/mol. The molecule has 0 aliphatic rings. The van der Waals surface area contributed by atoms with E-state index in [-0.39, 0.29) is 22.9 Å². The van der Waals surface area contributed by atoms with E-state index in [1.807, 2.05) is 20.8 Å². The van der Waals surface area contributed by atoms with Crippen LogP contribution < -0.4 is 10.6 Å². The van der Waals surface area contributed by atoms with Crippen LogP contribution in [0.4, 0.5) is 5.69 Å². The Morgan fingerprint density at radius 2 is 1.79 bits per heavy atom. The van der Waals surface area contributed by atoms with Gasteiger partial charge in [-0.2, -0.15) is 0 Å². The van der Waals surface area contributed by atoms with E-state index in [4.69, 9.17) is 0 Å². The molecule has 0 saturated heterocycles. The van der Waals surface area contributed by atoms with Crippen LogP contribution in [0.2, 0.25) is 0 Å². The van der Waals surface area contributed by atoms with Gasteiger partial charge in [-0.25, -0.2) is 8.42 Å². The van der Waals surface area contributed by atoms with Crippen LogP contribution in [0.25, 0.3) is 0 Å². The first kappa shape index (κ1) is 15.5. The van der Waals surface area contributed by atoms with Gasteiger partial charge in [0, 0.05) is 11.8 Å². The van der Waals surface area contributed by atoms with Gasteiger partial charge in [0.2, 0.25) is 5.91 Å². The van der Waals surface area contributed by atoms with Gasteiger partial charge < -0.3 is 10.6 Å². The predicted octanol–water partition coefficient (Wildman–Crippen LogP) is 1.42. The van der Waals surface area contributed by atoms with E-state index in [9.17, 15) is 13.2 Å². The van der Waals surface area contributed by atoms with Crippen molar-refractivity contribution in [2.24, 2.45) is 0 Å². The van der Waals surface area contributed by atoms with Crippen molar-refractivity contribution in [3.05, 3.63) is 24.3 Å². The molecule has 2 N–H and O–H groups in total. The molecule has 0 unspecified atom stereocenters. The monoisotopic (exact) mass is 284 g/mol. The van der Waals surface area contributed by atoms with Gasteiger partial charge in [-0.3, -0.25) is 4.79 Å². The summed E-state index contributed by atoms with van der Waals surface area (Å²) in [7, 11) is -3.31. The highest BCUT2D eigenvalue weighted by atomic mass is 32.2. The minimum atomic E-state index is -3.31. The van der Waals surface area contributed by atoms with E-state index in [0.717, 1.165) is 6.26 Å². The Balaban J connectivity index is 2.77. The summed E-state index contributed by atoms with van der Waals surface area (Å²) in [4.78, 5) is 11.9. The first-order valence-corrected chi connectivity index (χ1v) is 7.83. The van der Waals surface area contributed by atoms with Gasteiger partial charge in [0.25, 0.3) is 0 Å². The van der Waals surface area contributed by atoms with Crippen molar-refractivity contribution in [2.75, 3.05) is 18.1 Å². The third-order valence-corrected chi connectivity index (χ3v) is 3.40. The van der Waals surface area contributed by atoms with Crippen molar-refractivity contribution in [3.63, 3.8) is 0 Å². The summed E-state index contributed by atoms with van der Waals surface area (Å²) in [6.45, 7) is 5.68. The molecule has 0 bridgehead atoms. The number of carbonyl (C=O) groups excluding carboxylic acids is 1. The van der Waals surface area contributed by atoms with Gasteiger partial charge in [0.05, 0.1) is 17.1 Å². The third-order valence-electron chi connectivity index (χ3n) is 2.24. The zero-order valence-electron chi connectivity index (χ0n) is 11.6. The summed E-state index contributed by atoms with van der Waals surface area (Å²) in [5.74, 6) is -0.184. The van der Waals surface area contributed by atoms with Crippen molar-refractivity contribution in [2.45, 2.75) is 31.2 Å². The maximum Gasteiger partial charge on any atom is 0.239 e. The lowest BCUT2D eigenvalue weighted by atomic mass is 10.1. The van der Waals surface area contributed by atoms with Crippen molar-refractivity contribution < 1.29 is 13.2 Å². The molecule has 0 atom stereocenters. The topological polar surface area (TPSA) is 75.3 Å². The van der Waals surface area contributed by atoms with E-state index in [2.05, 4.69) is 10.6 Å². The molecular formula is C13H20N2O3S. The van der Waals surface area contributed by atoms with E-state index in [1.54, 1.807) is 18.2 Å². The molecule has 1 aromatic carbocycles. The maximum atomic E-state index is 11.7. The van der Waals surface area contributed by atoms with E-state index < -0.39 is 9.84 Å². The number of anilines is 1. The van der Waals surface area contributed by atoms with Crippen LogP contribution in [-0.4, -0.2) is 32.7 Å². The lowest BCUT2D eigenvalue weighted by Gasteiger charge is -2.21. The van der Waals surface area contributed by atoms with Crippen LogP contribution in [0.15, 0.2) is 29.2 Å². The Morgan fingerprint density at radius 3 is 2.32 bits per heavy atom. The van der Waals surface area contributed by atoms with Gasteiger partial charge >= 0.3 is 0 Å².